The highest BCUT2D eigenvalue weighted by Gasteiger charge is 2.15. The molecule has 1 amide bonds. The van der Waals surface area contributed by atoms with Crippen molar-refractivity contribution < 1.29 is 9.18 Å². The number of nitrogens with zero attached hydrogens (tertiary/aromatic N) is 3. The predicted molar refractivity (Wildman–Crippen MR) is 107 cm³/mol. The fourth-order valence-corrected chi connectivity index (χ4v) is 3.54. The van der Waals surface area contributed by atoms with Crippen LogP contribution in [0, 0.1) is 5.82 Å². The van der Waals surface area contributed by atoms with Crippen molar-refractivity contribution in [2.24, 2.45) is 0 Å². The van der Waals surface area contributed by atoms with E-state index in [9.17, 15) is 9.18 Å². The van der Waals surface area contributed by atoms with E-state index in [0.29, 0.717) is 33.3 Å². The van der Waals surface area contributed by atoms with Crippen LogP contribution in [0.15, 0.2) is 47.6 Å². The number of rotatable bonds is 6. The molecule has 9 heteroatoms. The fourth-order valence-electron chi connectivity index (χ4n) is 2.40. The number of benzene rings is 2. The maximum Gasteiger partial charge on any atom is 0.234 e. The van der Waals surface area contributed by atoms with Gasteiger partial charge in [-0.2, -0.15) is 0 Å². The fraction of sp³-hybridized carbons (Fsp3) is 0.167. The molecule has 0 atom stereocenters. The molecule has 5 nitrogen and oxygen atoms in total. The summed E-state index contributed by atoms with van der Waals surface area (Å²) in [5.41, 5.74) is 1.21. The molecule has 3 aromatic rings. The normalized spacial score (nSPS) is 10.8. The second kappa shape index (κ2) is 8.73. The highest BCUT2D eigenvalue weighted by atomic mass is 35.5. The third kappa shape index (κ3) is 4.80. The molecule has 27 heavy (non-hydrogen) atoms. The second-order valence-electron chi connectivity index (χ2n) is 5.52. The van der Waals surface area contributed by atoms with Gasteiger partial charge in [0, 0.05) is 17.1 Å². The quantitative estimate of drug-likeness (QED) is 0.556. The van der Waals surface area contributed by atoms with E-state index in [2.05, 4.69) is 15.5 Å². The van der Waals surface area contributed by atoms with Crippen molar-refractivity contribution >= 4 is 46.6 Å². The van der Waals surface area contributed by atoms with Gasteiger partial charge >= 0.3 is 0 Å². The van der Waals surface area contributed by atoms with Gasteiger partial charge in [-0.05, 0) is 49.4 Å². The molecule has 0 aliphatic heterocycles. The van der Waals surface area contributed by atoms with Crippen LogP contribution in [0.2, 0.25) is 10.0 Å². The summed E-state index contributed by atoms with van der Waals surface area (Å²) in [6, 6.07) is 10.9. The number of nitrogens with one attached hydrogen (secondary N) is 1. The number of anilines is 1. The summed E-state index contributed by atoms with van der Waals surface area (Å²) in [7, 11) is 0. The Bertz CT molecular complexity index is 962. The molecule has 1 aromatic heterocycles. The van der Waals surface area contributed by atoms with Gasteiger partial charge < -0.3 is 9.88 Å². The maximum atomic E-state index is 13.1. The van der Waals surface area contributed by atoms with Crippen LogP contribution in [-0.4, -0.2) is 26.4 Å². The van der Waals surface area contributed by atoms with Crippen molar-refractivity contribution in [2.75, 3.05) is 11.1 Å². The summed E-state index contributed by atoms with van der Waals surface area (Å²) in [5.74, 6) is 0.202. The van der Waals surface area contributed by atoms with E-state index in [0.717, 1.165) is 5.56 Å². The number of carbonyl (C=O) groups is 1. The summed E-state index contributed by atoms with van der Waals surface area (Å²) < 4.78 is 15.0. The molecule has 0 saturated heterocycles. The molecule has 2 aromatic carbocycles. The molecule has 1 heterocycles. The standard InChI is InChI=1S/C18H15Cl2FN4OS/c1-2-25-17(11-3-6-13(21)7-4-11)23-24-18(25)27-10-16(26)22-15-9-12(19)5-8-14(15)20/h3-9H,2,10H2,1H3,(H,22,26). The van der Waals surface area contributed by atoms with Gasteiger partial charge in [-0.3, -0.25) is 4.79 Å². The summed E-state index contributed by atoms with van der Waals surface area (Å²) in [6.07, 6.45) is 0. The van der Waals surface area contributed by atoms with Crippen LogP contribution in [0.25, 0.3) is 11.4 Å². The summed E-state index contributed by atoms with van der Waals surface area (Å²) >= 11 is 13.2. The lowest BCUT2D eigenvalue weighted by Crippen LogP contribution is -2.15. The third-order valence-electron chi connectivity index (χ3n) is 3.67. The molecule has 0 radical (unpaired) electrons. The number of hydrogen-bond donors (Lipinski definition) is 1. The molecular formula is C18H15Cl2FN4OS. The molecule has 0 aliphatic carbocycles. The minimum Gasteiger partial charge on any atom is -0.324 e. The zero-order chi connectivity index (χ0) is 19.4. The Morgan fingerprint density at radius 1 is 1.19 bits per heavy atom. The van der Waals surface area contributed by atoms with Crippen LogP contribution in [0.1, 0.15) is 6.92 Å². The zero-order valence-electron chi connectivity index (χ0n) is 14.2. The van der Waals surface area contributed by atoms with Crippen molar-refractivity contribution in [3.8, 4) is 11.4 Å². The average molecular weight is 425 g/mol. The Labute approximate surface area is 169 Å². The Morgan fingerprint density at radius 2 is 1.93 bits per heavy atom. The van der Waals surface area contributed by atoms with Crippen LogP contribution in [0.5, 0.6) is 0 Å². The third-order valence-corrected chi connectivity index (χ3v) is 5.20. The van der Waals surface area contributed by atoms with Crippen molar-refractivity contribution in [2.45, 2.75) is 18.6 Å². The van der Waals surface area contributed by atoms with Gasteiger partial charge in [0.2, 0.25) is 5.91 Å². The minimum atomic E-state index is -0.313. The summed E-state index contributed by atoms with van der Waals surface area (Å²) in [5, 5.41) is 12.5. The molecule has 3 rings (SSSR count). The van der Waals surface area contributed by atoms with Crippen molar-refractivity contribution in [3.63, 3.8) is 0 Å². The molecule has 0 saturated carbocycles. The SMILES string of the molecule is CCn1c(SCC(=O)Nc2cc(Cl)ccc2Cl)nnc1-c1ccc(F)cc1. The van der Waals surface area contributed by atoms with Gasteiger partial charge in [0.15, 0.2) is 11.0 Å². The highest BCUT2D eigenvalue weighted by Crippen LogP contribution is 2.27. The molecule has 0 fully saturated rings. The number of halogens is 3. The molecule has 0 unspecified atom stereocenters. The molecule has 0 aliphatic rings. The first kappa shape index (κ1) is 19.7. The van der Waals surface area contributed by atoms with Crippen LogP contribution >= 0.6 is 35.0 Å². The van der Waals surface area contributed by atoms with Crippen LogP contribution in [0.3, 0.4) is 0 Å². The number of carbonyl (C=O) groups excluding carboxylic acids is 1. The smallest absolute Gasteiger partial charge is 0.234 e. The van der Waals surface area contributed by atoms with Crippen molar-refractivity contribution in [1.29, 1.82) is 0 Å². The first-order valence-electron chi connectivity index (χ1n) is 8.04. The number of amides is 1. The molecule has 0 bridgehead atoms. The molecule has 140 valence electrons. The summed E-state index contributed by atoms with van der Waals surface area (Å²) in [6.45, 7) is 2.57. The lowest BCUT2D eigenvalue weighted by Gasteiger charge is -2.09. The maximum absolute atomic E-state index is 13.1. The Kier molecular flexibility index (Phi) is 6.36. The largest absolute Gasteiger partial charge is 0.324 e. The van der Waals surface area contributed by atoms with E-state index in [-0.39, 0.29) is 17.5 Å². The van der Waals surface area contributed by atoms with E-state index in [1.165, 1.54) is 23.9 Å². The van der Waals surface area contributed by atoms with E-state index < -0.39 is 0 Å². The first-order valence-corrected chi connectivity index (χ1v) is 9.79. The van der Waals surface area contributed by atoms with Gasteiger partial charge in [0.25, 0.3) is 0 Å². The number of hydrogen-bond acceptors (Lipinski definition) is 4. The van der Waals surface area contributed by atoms with Crippen LogP contribution < -0.4 is 5.32 Å². The molecule has 0 spiro atoms. The van der Waals surface area contributed by atoms with Gasteiger partial charge in [0.1, 0.15) is 5.82 Å². The lowest BCUT2D eigenvalue weighted by atomic mass is 10.2. The highest BCUT2D eigenvalue weighted by molar-refractivity contribution is 7.99. The van der Waals surface area contributed by atoms with Gasteiger partial charge in [-0.1, -0.05) is 35.0 Å². The van der Waals surface area contributed by atoms with E-state index in [1.54, 1.807) is 30.3 Å². The Hall–Kier alpha value is -2.09. The van der Waals surface area contributed by atoms with Crippen LogP contribution in [-0.2, 0) is 11.3 Å². The van der Waals surface area contributed by atoms with Gasteiger partial charge in [-0.15, -0.1) is 10.2 Å². The lowest BCUT2D eigenvalue weighted by molar-refractivity contribution is -0.113. The van der Waals surface area contributed by atoms with Gasteiger partial charge in [0.05, 0.1) is 16.5 Å². The first-order chi connectivity index (χ1) is 13.0. The second-order valence-corrected chi connectivity index (χ2v) is 7.30. The number of aromatic nitrogens is 3. The van der Waals surface area contributed by atoms with Crippen molar-refractivity contribution in [1.82, 2.24) is 14.8 Å². The van der Waals surface area contributed by atoms with Crippen molar-refractivity contribution in [3.05, 3.63) is 58.3 Å². The topological polar surface area (TPSA) is 59.8 Å². The predicted octanol–water partition coefficient (Wildman–Crippen LogP) is 5.14. The summed E-state index contributed by atoms with van der Waals surface area (Å²) in [4.78, 5) is 12.2. The monoisotopic (exact) mass is 424 g/mol. The minimum absolute atomic E-state index is 0.129. The Balaban J connectivity index is 1.70. The van der Waals surface area contributed by atoms with Crippen LogP contribution in [0.4, 0.5) is 10.1 Å². The molecular weight excluding hydrogens is 410 g/mol. The number of thioether (sulfide) groups is 1. The zero-order valence-corrected chi connectivity index (χ0v) is 16.6. The average Bonchev–Trinajstić information content (AvgIpc) is 3.06. The van der Waals surface area contributed by atoms with E-state index in [4.69, 9.17) is 23.2 Å². The Morgan fingerprint density at radius 3 is 2.63 bits per heavy atom. The van der Waals surface area contributed by atoms with Gasteiger partial charge in [-0.25, -0.2) is 4.39 Å². The van der Waals surface area contributed by atoms with E-state index in [1.807, 2.05) is 11.5 Å². The van der Waals surface area contributed by atoms with E-state index >= 15 is 0 Å². The molecule has 1 N–H and O–H groups in total.